The normalized spacial score (nSPS) is 17.3. The summed E-state index contributed by atoms with van der Waals surface area (Å²) < 4.78 is 10.2. The number of amides is 2. The topological polar surface area (TPSA) is 114 Å². The van der Waals surface area contributed by atoms with Crippen molar-refractivity contribution >= 4 is 18.0 Å². The fourth-order valence-corrected chi connectivity index (χ4v) is 3.87. The number of aliphatic hydroxyl groups is 1. The third-order valence-corrected chi connectivity index (χ3v) is 6.18. The molecule has 0 unspecified atom stereocenters. The first-order valence-electron chi connectivity index (χ1n) is 12.6. The van der Waals surface area contributed by atoms with Crippen molar-refractivity contribution in [3.8, 4) is 23.0 Å². The van der Waals surface area contributed by atoms with Crippen LogP contribution in [0, 0.1) is 23.7 Å². The van der Waals surface area contributed by atoms with Gasteiger partial charge in [-0.05, 0) is 82.3 Å². The van der Waals surface area contributed by atoms with Gasteiger partial charge in [0.2, 0.25) is 0 Å². The number of hydrogen-bond acceptors (Lipinski definition) is 6. The lowest BCUT2D eigenvalue weighted by atomic mass is 9.94. The molecule has 2 amide bonds. The minimum Gasteiger partial charge on any atom is -0.467 e. The number of carbonyl (C=O) groups excluding carboxylic acids is 3. The number of methoxy groups -OCH3 is 1. The molecule has 3 rings (SSSR count). The molecule has 0 bridgehead atoms. The van der Waals surface area contributed by atoms with Gasteiger partial charge in [-0.15, -0.1) is 0 Å². The van der Waals surface area contributed by atoms with Crippen LogP contribution in [0.25, 0.3) is 11.1 Å². The average molecular weight is 521 g/mol. The third kappa shape index (κ3) is 7.83. The largest absolute Gasteiger partial charge is 0.467 e. The molecular weight excluding hydrogens is 484 g/mol. The zero-order valence-electron chi connectivity index (χ0n) is 22.8. The van der Waals surface area contributed by atoms with Crippen LogP contribution in [0.1, 0.15) is 57.0 Å². The molecule has 1 aliphatic rings. The molecule has 1 saturated carbocycles. The highest BCUT2D eigenvalue weighted by atomic mass is 16.6. The summed E-state index contributed by atoms with van der Waals surface area (Å²) >= 11 is 0. The Balaban J connectivity index is 1.67. The van der Waals surface area contributed by atoms with Gasteiger partial charge in [0.1, 0.15) is 11.6 Å². The molecule has 202 valence electrons. The molecule has 8 heteroatoms. The highest BCUT2D eigenvalue weighted by Gasteiger charge is 2.40. The number of rotatable bonds is 7. The number of esters is 1. The standard InChI is InChI=1S/C30H36N2O6/c1-29(2,3)38-28(36)32-30(4,5)25(27(35)37-6)31-26(34)22-15-13-21(14-16-22)20-10-7-19(8-11-20)9-12-23-17-24(23)18-33/h7-8,10-11,13-16,23-25,33H,17-18H2,1-6H3,(H,31,34)(H,32,36)/t23-,24+,25+/m0/s1. The van der Waals surface area contributed by atoms with Crippen molar-refractivity contribution < 1.29 is 29.0 Å². The highest BCUT2D eigenvalue weighted by molar-refractivity contribution is 5.97. The van der Waals surface area contributed by atoms with Gasteiger partial charge in [0.25, 0.3) is 5.91 Å². The van der Waals surface area contributed by atoms with Gasteiger partial charge in [0.15, 0.2) is 0 Å². The molecule has 0 radical (unpaired) electrons. The van der Waals surface area contributed by atoms with Gasteiger partial charge in [-0.2, -0.15) is 0 Å². The van der Waals surface area contributed by atoms with Gasteiger partial charge in [0.05, 0.1) is 12.6 Å². The molecule has 3 atom stereocenters. The van der Waals surface area contributed by atoms with Crippen molar-refractivity contribution in [1.29, 1.82) is 0 Å². The lowest BCUT2D eigenvalue weighted by molar-refractivity contribution is -0.144. The predicted octanol–water partition coefficient (Wildman–Crippen LogP) is 3.91. The van der Waals surface area contributed by atoms with E-state index in [9.17, 15) is 14.4 Å². The van der Waals surface area contributed by atoms with Crippen LogP contribution in [0.2, 0.25) is 0 Å². The smallest absolute Gasteiger partial charge is 0.408 e. The third-order valence-electron chi connectivity index (χ3n) is 6.18. The number of aliphatic hydroxyl groups excluding tert-OH is 1. The molecular formula is C30H36N2O6. The lowest BCUT2D eigenvalue weighted by Crippen LogP contribution is -2.62. The minimum absolute atomic E-state index is 0.191. The first kappa shape index (κ1) is 28.7. The highest BCUT2D eigenvalue weighted by Crippen LogP contribution is 2.37. The first-order valence-corrected chi connectivity index (χ1v) is 12.6. The van der Waals surface area contributed by atoms with E-state index in [-0.39, 0.29) is 12.5 Å². The van der Waals surface area contributed by atoms with Crippen LogP contribution < -0.4 is 10.6 Å². The zero-order valence-corrected chi connectivity index (χ0v) is 22.8. The number of hydrogen-bond donors (Lipinski definition) is 3. The van der Waals surface area contributed by atoms with Crippen LogP contribution in [0.4, 0.5) is 4.79 Å². The first-order chi connectivity index (χ1) is 17.8. The van der Waals surface area contributed by atoms with Crippen molar-refractivity contribution in [3.05, 3.63) is 59.7 Å². The Hall–Kier alpha value is -3.83. The molecule has 2 aromatic rings. The van der Waals surface area contributed by atoms with Gasteiger partial charge < -0.3 is 25.2 Å². The van der Waals surface area contributed by atoms with Crippen molar-refractivity contribution in [3.63, 3.8) is 0 Å². The zero-order chi connectivity index (χ0) is 28.1. The second-order valence-electron chi connectivity index (χ2n) is 11.0. The van der Waals surface area contributed by atoms with Crippen LogP contribution in [0.15, 0.2) is 48.5 Å². The van der Waals surface area contributed by atoms with Gasteiger partial charge in [0, 0.05) is 23.7 Å². The summed E-state index contributed by atoms with van der Waals surface area (Å²) in [6, 6.07) is 13.6. The Labute approximate surface area is 224 Å². The van der Waals surface area contributed by atoms with E-state index in [1.54, 1.807) is 46.8 Å². The Morgan fingerprint density at radius 2 is 1.58 bits per heavy atom. The molecule has 0 heterocycles. The number of nitrogens with one attached hydrogen (secondary N) is 2. The molecule has 1 fully saturated rings. The fourth-order valence-electron chi connectivity index (χ4n) is 3.87. The molecule has 0 spiro atoms. The summed E-state index contributed by atoms with van der Waals surface area (Å²) in [4.78, 5) is 37.9. The van der Waals surface area contributed by atoms with Crippen molar-refractivity contribution in [2.45, 2.75) is 58.2 Å². The molecule has 2 aromatic carbocycles. The SMILES string of the molecule is COC(=O)[C@@H](NC(=O)c1ccc(-c2ccc(C#C[C@H]3C[C@@H]3CO)cc2)cc1)C(C)(C)NC(=O)OC(C)(C)C. The van der Waals surface area contributed by atoms with Crippen molar-refractivity contribution in [2.75, 3.05) is 13.7 Å². The van der Waals surface area contributed by atoms with Gasteiger partial charge in [-0.25, -0.2) is 9.59 Å². The van der Waals surface area contributed by atoms with E-state index in [4.69, 9.17) is 14.6 Å². The quantitative estimate of drug-likeness (QED) is 0.377. The van der Waals surface area contributed by atoms with Crippen LogP contribution in [-0.4, -0.2) is 54.0 Å². The minimum atomic E-state index is -1.20. The maximum absolute atomic E-state index is 13.0. The summed E-state index contributed by atoms with van der Waals surface area (Å²) in [5, 5.41) is 14.5. The van der Waals surface area contributed by atoms with E-state index < -0.39 is 35.2 Å². The van der Waals surface area contributed by atoms with Crippen LogP contribution >= 0.6 is 0 Å². The maximum atomic E-state index is 13.0. The van der Waals surface area contributed by atoms with E-state index in [2.05, 4.69) is 22.5 Å². The van der Waals surface area contributed by atoms with Gasteiger partial charge >= 0.3 is 12.1 Å². The van der Waals surface area contributed by atoms with E-state index in [0.717, 1.165) is 23.1 Å². The number of ether oxygens (including phenoxy) is 2. The number of benzene rings is 2. The fraction of sp³-hybridized carbons (Fsp3) is 0.433. The summed E-state index contributed by atoms with van der Waals surface area (Å²) in [5.74, 6) is 5.76. The summed E-state index contributed by atoms with van der Waals surface area (Å²) in [6.45, 7) is 8.59. The molecule has 0 aromatic heterocycles. The predicted molar refractivity (Wildman–Crippen MR) is 144 cm³/mol. The number of carbonyl (C=O) groups is 3. The lowest BCUT2D eigenvalue weighted by Gasteiger charge is -2.34. The van der Waals surface area contributed by atoms with E-state index in [1.165, 1.54) is 7.11 Å². The average Bonchev–Trinajstić information content (AvgIpc) is 3.63. The van der Waals surface area contributed by atoms with Crippen molar-refractivity contribution in [2.24, 2.45) is 11.8 Å². The Bertz CT molecular complexity index is 1220. The molecule has 0 saturated heterocycles. The molecule has 3 N–H and O–H groups in total. The second kappa shape index (κ2) is 11.7. The van der Waals surface area contributed by atoms with Crippen molar-refractivity contribution in [1.82, 2.24) is 10.6 Å². The second-order valence-corrected chi connectivity index (χ2v) is 11.0. The van der Waals surface area contributed by atoms with Gasteiger partial charge in [-0.1, -0.05) is 36.1 Å². The molecule has 0 aliphatic heterocycles. The number of alkyl carbamates (subject to hydrolysis) is 1. The Kier molecular flexibility index (Phi) is 8.85. The van der Waals surface area contributed by atoms with E-state index in [0.29, 0.717) is 11.5 Å². The molecule has 38 heavy (non-hydrogen) atoms. The monoisotopic (exact) mass is 520 g/mol. The Morgan fingerprint density at radius 1 is 1.00 bits per heavy atom. The summed E-state index contributed by atoms with van der Waals surface area (Å²) in [5.41, 5.74) is 1.22. The molecule has 1 aliphatic carbocycles. The molecule has 8 nitrogen and oxygen atoms in total. The van der Waals surface area contributed by atoms with E-state index in [1.807, 2.05) is 36.4 Å². The van der Waals surface area contributed by atoms with Gasteiger partial charge in [-0.3, -0.25) is 4.79 Å². The van der Waals surface area contributed by atoms with E-state index >= 15 is 0 Å². The van der Waals surface area contributed by atoms with Crippen LogP contribution in [0.3, 0.4) is 0 Å². The van der Waals surface area contributed by atoms with Crippen LogP contribution in [0.5, 0.6) is 0 Å². The maximum Gasteiger partial charge on any atom is 0.408 e. The summed E-state index contributed by atoms with van der Waals surface area (Å²) in [6.07, 6.45) is 0.244. The summed E-state index contributed by atoms with van der Waals surface area (Å²) in [7, 11) is 1.22. The Morgan fingerprint density at radius 3 is 2.08 bits per heavy atom. The van der Waals surface area contributed by atoms with Crippen LogP contribution in [-0.2, 0) is 14.3 Å².